The van der Waals surface area contributed by atoms with E-state index in [9.17, 15) is 15.0 Å². The number of carbonyl (C=O) groups excluding carboxylic acids is 1. The zero-order chi connectivity index (χ0) is 14.0. The average Bonchev–Trinajstić information content (AvgIpc) is 2.67. The summed E-state index contributed by atoms with van der Waals surface area (Å²) < 4.78 is 5.14. The lowest BCUT2D eigenvalue weighted by Gasteiger charge is -2.57. The van der Waals surface area contributed by atoms with Crippen molar-refractivity contribution >= 4 is 5.97 Å². The predicted octanol–water partition coefficient (Wildman–Crippen LogP) is 1.41. The smallest absolute Gasteiger partial charge is 0.334 e. The molecule has 2 aliphatic carbocycles. The summed E-state index contributed by atoms with van der Waals surface area (Å²) in [4.78, 5) is 11.8. The normalized spacial score (nSPS) is 44.7. The van der Waals surface area contributed by atoms with Crippen molar-refractivity contribution in [2.24, 2.45) is 16.7 Å². The van der Waals surface area contributed by atoms with Gasteiger partial charge >= 0.3 is 5.97 Å². The van der Waals surface area contributed by atoms with Crippen molar-refractivity contribution in [2.75, 3.05) is 6.61 Å². The van der Waals surface area contributed by atoms with Crippen LogP contribution in [0.2, 0.25) is 0 Å². The van der Waals surface area contributed by atoms with Gasteiger partial charge in [-0.2, -0.15) is 0 Å². The first-order valence-corrected chi connectivity index (χ1v) is 7.04. The maximum atomic E-state index is 11.8. The Balaban J connectivity index is 2.16. The Kier molecular flexibility index (Phi) is 2.64. The van der Waals surface area contributed by atoms with Crippen LogP contribution in [0.3, 0.4) is 0 Å². The van der Waals surface area contributed by atoms with Crippen LogP contribution < -0.4 is 0 Å². The number of cyclic esters (lactones) is 1. The van der Waals surface area contributed by atoms with Crippen molar-refractivity contribution < 1.29 is 19.7 Å². The van der Waals surface area contributed by atoms with Gasteiger partial charge in [-0.25, -0.2) is 4.79 Å². The van der Waals surface area contributed by atoms with Crippen molar-refractivity contribution in [2.45, 2.75) is 52.2 Å². The number of fused-ring (bicyclic) bond motifs is 2. The van der Waals surface area contributed by atoms with E-state index in [0.717, 1.165) is 12.0 Å². The Morgan fingerprint density at radius 2 is 1.95 bits per heavy atom. The third-order valence-corrected chi connectivity index (χ3v) is 5.65. The van der Waals surface area contributed by atoms with Gasteiger partial charge < -0.3 is 14.9 Å². The molecule has 4 heteroatoms. The number of esters is 1. The number of rotatable bonds is 0. The molecule has 1 aliphatic heterocycles. The first-order valence-electron chi connectivity index (χ1n) is 7.04. The van der Waals surface area contributed by atoms with Crippen LogP contribution in [0.15, 0.2) is 11.1 Å². The molecule has 4 atom stereocenters. The number of carbonyl (C=O) groups is 1. The summed E-state index contributed by atoms with van der Waals surface area (Å²) in [5.41, 5.74) is 0.939. The van der Waals surface area contributed by atoms with Crippen LogP contribution in [0, 0.1) is 16.7 Å². The number of ether oxygens (including phenoxy) is 1. The lowest BCUT2D eigenvalue weighted by molar-refractivity contribution is -0.137. The molecule has 0 bridgehead atoms. The van der Waals surface area contributed by atoms with E-state index in [1.807, 2.05) is 6.92 Å². The lowest BCUT2D eigenvalue weighted by Crippen LogP contribution is -2.58. The molecule has 0 aromatic heterocycles. The van der Waals surface area contributed by atoms with Crippen molar-refractivity contribution in [3.05, 3.63) is 11.1 Å². The van der Waals surface area contributed by atoms with Crippen LogP contribution in [-0.2, 0) is 9.53 Å². The van der Waals surface area contributed by atoms with Crippen molar-refractivity contribution in [3.8, 4) is 0 Å². The molecule has 0 amide bonds. The van der Waals surface area contributed by atoms with E-state index in [1.54, 1.807) is 0 Å². The van der Waals surface area contributed by atoms with Gasteiger partial charge in [0.05, 0.1) is 12.2 Å². The van der Waals surface area contributed by atoms with E-state index in [-0.39, 0.29) is 23.9 Å². The second-order valence-electron chi connectivity index (χ2n) is 7.11. The van der Waals surface area contributed by atoms with Crippen molar-refractivity contribution in [1.82, 2.24) is 0 Å². The zero-order valence-corrected chi connectivity index (χ0v) is 11.8. The van der Waals surface area contributed by atoms with E-state index < -0.39 is 17.6 Å². The SMILES string of the molecule is CC1(C)CC[C@H](O)[C@]2(C)C3=C(C[C@@H](O)[C@@H]12)C(=O)OC3. The van der Waals surface area contributed by atoms with E-state index in [4.69, 9.17) is 4.74 Å². The molecule has 106 valence electrons. The van der Waals surface area contributed by atoms with Gasteiger partial charge in [0.2, 0.25) is 0 Å². The third kappa shape index (κ3) is 1.56. The van der Waals surface area contributed by atoms with E-state index in [0.29, 0.717) is 18.4 Å². The van der Waals surface area contributed by atoms with Gasteiger partial charge in [0, 0.05) is 23.3 Å². The number of aliphatic hydroxyl groups is 2. The van der Waals surface area contributed by atoms with Crippen LogP contribution in [0.5, 0.6) is 0 Å². The Hall–Kier alpha value is -0.870. The highest BCUT2D eigenvalue weighted by molar-refractivity contribution is 5.92. The molecule has 3 aliphatic rings. The standard InChI is InChI=1S/C15H22O4/c1-14(2)5-4-11(17)15(3)9-7-19-13(18)8(9)6-10(16)12(14)15/h10-12,16-17H,4-7H2,1-3H3/t10-,11+,12+,15+/m1/s1. The second kappa shape index (κ2) is 3.83. The van der Waals surface area contributed by atoms with Gasteiger partial charge in [0.15, 0.2) is 0 Å². The molecule has 1 heterocycles. The largest absolute Gasteiger partial charge is 0.458 e. The fourth-order valence-corrected chi connectivity index (χ4v) is 4.74. The molecule has 0 aromatic carbocycles. The summed E-state index contributed by atoms with van der Waals surface area (Å²) in [6.45, 7) is 6.56. The van der Waals surface area contributed by atoms with Crippen LogP contribution in [0.1, 0.15) is 40.0 Å². The molecule has 19 heavy (non-hydrogen) atoms. The van der Waals surface area contributed by atoms with Gasteiger partial charge in [-0.1, -0.05) is 20.8 Å². The fourth-order valence-electron chi connectivity index (χ4n) is 4.74. The molecule has 0 saturated heterocycles. The number of hydrogen-bond acceptors (Lipinski definition) is 4. The molecular formula is C15H22O4. The summed E-state index contributed by atoms with van der Waals surface area (Å²) in [6, 6.07) is 0. The van der Waals surface area contributed by atoms with Gasteiger partial charge in [-0.3, -0.25) is 0 Å². The van der Waals surface area contributed by atoms with Gasteiger partial charge in [-0.15, -0.1) is 0 Å². The maximum Gasteiger partial charge on any atom is 0.334 e. The van der Waals surface area contributed by atoms with Crippen LogP contribution in [0.25, 0.3) is 0 Å². The summed E-state index contributed by atoms with van der Waals surface area (Å²) in [5.74, 6) is -0.346. The van der Waals surface area contributed by atoms with E-state index in [2.05, 4.69) is 13.8 Å². The Morgan fingerprint density at radius 3 is 2.63 bits per heavy atom. The van der Waals surface area contributed by atoms with E-state index in [1.165, 1.54) is 0 Å². The van der Waals surface area contributed by atoms with Gasteiger partial charge in [0.1, 0.15) is 6.61 Å². The topological polar surface area (TPSA) is 66.8 Å². The van der Waals surface area contributed by atoms with Crippen LogP contribution in [0.4, 0.5) is 0 Å². The molecule has 0 radical (unpaired) electrons. The minimum atomic E-state index is -0.584. The third-order valence-electron chi connectivity index (χ3n) is 5.65. The molecule has 0 aromatic rings. The number of hydrogen-bond donors (Lipinski definition) is 2. The Bertz CT molecular complexity index is 465. The first-order chi connectivity index (χ1) is 8.78. The highest BCUT2D eigenvalue weighted by Crippen LogP contribution is 2.60. The van der Waals surface area contributed by atoms with Gasteiger partial charge in [-0.05, 0) is 23.8 Å². The average molecular weight is 266 g/mol. The Labute approximate surface area is 113 Å². The molecule has 2 N–H and O–H groups in total. The minimum Gasteiger partial charge on any atom is -0.458 e. The highest BCUT2D eigenvalue weighted by atomic mass is 16.5. The van der Waals surface area contributed by atoms with Crippen molar-refractivity contribution in [1.29, 1.82) is 0 Å². The molecule has 1 fully saturated rings. The van der Waals surface area contributed by atoms with Crippen LogP contribution in [-0.4, -0.2) is 35.0 Å². The zero-order valence-electron chi connectivity index (χ0n) is 11.8. The minimum absolute atomic E-state index is 0.0306. The molecule has 4 nitrogen and oxygen atoms in total. The second-order valence-corrected chi connectivity index (χ2v) is 7.11. The fraction of sp³-hybridized carbons (Fsp3) is 0.800. The monoisotopic (exact) mass is 266 g/mol. The molecule has 0 unspecified atom stereocenters. The van der Waals surface area contributed by atoms with Gasteiger partial charge in [0.25, 0.3) is 0 Å². The Morgan fingerprint density at radius 1 is 1.26 bits per heavy atom. The summed E-state index contributed by atoms with van der Waals surface area (Å²) in [5, 5.41) is 21.1. The molecule has 3 rings (SSSR count). The highest BCUT2D eigenvalue weighted by Gasteiger charge is 2.60. The maximum absolute atomic E-state index is 11.8. The van der Waals surface area contributed by atoms with Crippen LogP contribution >= 0.6 is 0 Å². The summed E-state index contributed by atoms with van der Waals surface area (Å²) in [7, 11) is 0. The lowest BCUT2D eigenvalue weighted by atomic mass is 9.48. The molecule has 1 saturated carbocycles. The number of aliphatic hydroxyl groups excluding tert-OH is 2. The quantitative estimate of drug-likeness (QED) is 0.651. The summed E-state index contributed by atoms with van der Waals surface area (Å²) in [6.07, 6.45) is 0.866. The molecular weight excluding hydrogens is 244 g/mol. The van der Waals surface area contributed by atoms with Crippen molar-refractivity contribution in [3.63, 3.8) is 0 Å². The van der Waals surface area contributed by atoms with E-state index >= 15 is 0 Å². The first kappa shape index (κ1) is 13.1. The summed E-state index contributed by atoms with van der Waals surface area (Å²) >= 11 is 0. The molecule has 0 spiro atoms. The predicted molar refractivity (Wildman–Crippen MR) is 69.2 cm³/mol.